The van der Waals surface area contributed by atoms with Crippen LogP contribution in [0.2, 0.25) is 0 Å². The molecule has 1 aliphatic rings. The topological polar surface area (TPSA) is 106 Å². The third-order valence-electron chi connectivity index (χ3n) is 2.92. The fourth-order valence-electron chi connectivity index (χ4n) is 1.94. The average molecular weight is 290 g/mol. The van der Waals surface area contributed by atoms with Crippen LogP contribution < -0.4 is 11.4 Å². The molecule has 0 fully saturated rings. The van der Waals surface area contributed by atoms with Gasteiger partial charge in [0.1, 0.15) is 10.6 Å². The van der Waals surface area contributed by atoms with E-state index < -0.39 is 17.6 Å². The van der Waals surface area contributed by atoms with Crippen LogP contribution in [0.25, 0.3) is 11.0 Å². The van der Waals surface area contributed by atoms with E-state index in [0.29, 0.717) is 27.5 Å². The zero-order valence-corrected chi connectivity index (χ0v) is 11.0. The first-order valence-electron chi connectivity index (χ1n) is 5.82. The largest absolute Gasteiger partial charge is 0.480 e. The number of aliphatic imine (C=N–C) groups is 1. The van der Waals surface area contributed by atoms with Crippen LogP contribution in [-0.4, -0.2) is 27.9 Å². The van der Waals surface area contributed by atoms with Crippen molar-refractivity contribution in [2.75, 3.05) is 11.5 Å². The Kier molecular flexibility index (Phi) is 2.98. The number of nitrogens with two attached hydrogens (primary N) is 1. The van der Waals surface area contributed by atoms with Crippen molar-refractivity contribution in [3.63, 3.8) is 0 Å². The molecule has 0 amide bonds. The Morgan fingerprint density at radius 3 is 2.95 bits per heavy atom. The minimum Gasteiger partial charge on any atom is -0.480 e. The van der Waals surface area contributed by atoms with E-state index in [9.17, 15) is 9.59 Å². The summed E-state index contributed by atoms with van der Waals surface area (Å²) in [6, 6.07) is 5.78. The summed E-state index contributed by atoms with van der Waals surface area (Å²) in [6.45, 7) is 0. The van der Waals surface area contributed by atoms with Gasteiger partial charge in [-0.15, -0.1) is 11.8 Å². The third-order valence-corrected chi connectivity index (χ3v) is 4.00. The fraction of sp³-hybridized carbons (Fsp3) is 0.154. The van der Waals surface area contributed by atoms with Gasteiger partial charge in [-0.25, -0.2) is 9.59 Å². The van der Waals surface area contributed by atoms with E-state index >= 15 is 0 Å². The van der Waals surface area contributed by atoms with E-state index in [1.807, 2.05) is 0 Å². The van der Waals surface area contributed by atoms with Crippen LogP contribution in [0.5, 0.6) is 0 Å². The number of carboxylic acid groups (broad SMARTS) is 1. The quantitative estimate of drug-likeness (QED) is 0.638. The van der Waals surface area contributed by atoms with Crippen LogP contribution in [0.3, 0.4) is 0 Å². The van der Waals surface area contributed by atoms with Crippen molar-refractivity contribution < 1.29 is 14.3 Å². The van der Waals surface area contributed by atoms with E-state index in [1.165, 1.54) is 11.8 Å². The third kappa shape index (κ3) is 2.16. The summed E-state index contributed by atoms with van der Waals surface area (Å²) in [5, 5.41) is 10.00. The Labute approximate surface area is 117 Å². The number of aliphatic carboxylic acids is 1. The molecule has 1 aromatic carbocycles. The Bertz CT molecular complexity index is 797. The number of rotatable bonds is 2. The van der Waals surface area contributed by atoms with Gasteiger partial charge < -0.3 is 15.3 Å². The summed E-state index contributed by atoms with van der Waals surface area (Å²) in [4.78, 5) is 26.9. The van der Waals surface area contributed by atoms with E-state index in [4.69, 9.17) is 15.3 Å². The molecule has 1 aliphatic heterocycles. The summed E-state index contributed by atoms with van der Waals surface area (Å²) in [6.07, 6.45) is 0. The number of hydrogen-bond donors (Lipinski definition) is 2. The molecule has 0 bridgehead atoms. The molecule has 2 aromatic rings. The minimum absolute atomic E-state index is 0.275. The monoisotopic (exact) mass is 290 g/mol. The molecule has 1 aromatic heterocycles. The molecule has 6 nitrogen and oxygen atoms in total. The first kappa shape index (κ1) is 12.7. The van der Waals surface area contributed by atoms with E-state index in [0.717, 1.165) is 0 Å². The number of thioether (sulfide) groups is 1. The summed E-state index contributed by atoms with van der Waals surface area (Å²) < 4.78 is 5.20. The maximum atomic E-state index is 11.9. The smallest absolute Gasteiger partial charge is 0.346 e. The van der Waals surface area contributed by atoms with Crippen LogP contribution in [-0.2, 0) is 4.79 Å². The molecule has 20 heavy (non-hydrogen) atoms. The van der Waals surface area contributed by atoms with Crippen molar-refractivity contribution in [3.05, 3.63) is 40.2 Å². The van der Waals surface area contributed by atoms with E-state index in [2.05, 4.69) is 4.99 Å². The molecular formula is C13H10N2O4S. The molecule has 0 saturated heterocycles. The molecule has 1 atom stereocenters. The average Bonchev–Trinajstić information content (AvgIpc) is 2.88. The predicted octanol–water partition coefficient (Wildman–Crippen LogP) is 1.32. The van der Waals surface area contributed by atoms with Crippen LogP contribution in [0.15, 0.2) is 38.5 Å². The molecule has 0 unspecified atom stereocenters. The summed E-state index contributed by atoms with van der Waals surface area (Å²) in [7, 11) is 0. The normalized spacial score (nSPS) is 18.2. The summed E-state index contributed by atoms with van der Waals surface area (Å²) in [5.41, 5.74) is 6.43. The molecule has 7 heteroatoms. The van der Waals surface area contributed by atoms with Gasteiger partial charge >= 0.3 is 11.6 Å². The molecule has 0 radical (unpaired) electrons. The van der Waals surface area contributed by atoms with Crippen molar-refractivity contribution in [1.82, 2.24) is 0 Å². The summed E-state index contributed by atoms with van der Waals surface area (Å²) >= 11 is 1.24. The van der Waals surface area contributed by atoms with Gasteiger partial charge in [-0.05, 0) is 24.3 Å². The number of carbonyl (C=O) groups is 1. The van der Waals surface area contributed by atoms with Gasteiger partial charge in [0.05, 0.1) is 5.56 Å². The number of anilines is 1. The van der Waals surface area contributed by atoms with Crippen LogP contribution >= 0.6 is 11.8 Å². The van der Waals surface area contributed by atoms with Gasteiger partial charge in [-0.2, -0.15) is 0 Å². The Morgan fingerprint density at radius 1 is 1.45 bits per heavy atom. The SMILES string of the molecule is Nc1ccc2oc(=O)c(C3=N[C@@H](C(=O)O)CS3)cc2c1. The number of hydrogen-bond acceptors (Lipinski definition) is 6. The Balaban J connectivity index is 2.12. The van der Waals surface area contributed by atoms with Crippen molar-refractivity contribution in [3.8, 4) is 0 Å². The van der Waals surface area contributed by atoms with Gasteiger partial charge in [0.2, 0.25) is 0 Å². The van der Waals surface area contributed by atoms with Crippen LogP contribution in [0.4, 0.5) is 5.69 Å². The number of benzene rings is 1. The molecule has 3 rings (SSSR count). The van der Waals surface area contributed by atoms with Crippen molar-refractivity contribution in [2.24, 2.45) is 4.99 Å². The first-order chi connectivity index (χ1) is 9.54. The van der Waals surface area contributed by atoms with Gasteiger partial charge in [-0.1, -0.05) is 0 Å². The Hall–Kier alpha value is -2.28. The van der Waals surface area contributed by atoms with Crippen LogP contribution in [0.1, 0.15) is 5.56 Å². The van der Waals surface area contributed by atoms with Crippen LogP contribution in [0, 0.1) is 0 Å². The lowest BCUT2D eigenvalue weighted by Gasteiger charge is -2.02. The zero-order valence-electron chi connectivity index (χ0n) is 10.2. The second kappa shape index (κ2) is 4.68. The van der Waals surface area contributed by atoms with Gasteiger partial charge in [-0.3, -0.25) is 4.99 Å². The van der Waals surface area contributed by atoms with Gasteiger partial charge in [0.25, 0.3) is 0 Å². The molecule has 102 valence electrons. The molecular weight excluding hydrogens is 280 g/mol. The number of nitrogen functional groups attached to an aromatic ring is 1. The maximum absolute atomic E-state index is 11.9. The molecule has 3 N–H and O–H groups in total. The highest BCUT2D eigenvalue weighted by atomic mass is 32.2. The minimum atomic E-state index is -0.998. The lowest BCUT2D eigenvalue weighted by atomic mass is 10.2. The highest BCUT2D eigenvalue weighted by Crippen LogP contribution is 2.24. The predicted molar refractivity (Wildman–Crippen MR) is 77.3 cm³/mol. The second-order valence-corrected chi connectivity index (χ2v) is 5.35. The highest BCUT2D eigenvalue weighted by molar-refractivity contribution is 8.14. The number of carboxylic acids is 1. The number of fused-ring (bicyclic) bond motifs is 1. The molecule has 0 spiro atoms. The van der Waals surface area contributed by atoms with Crippen molar-refractivity contribution in [1.29, 1.82) is 0 Å². The lowest BCUT2D eigenvalue weighted by Crippen LogP contribution is -2.17. The van der Waals surface area contributed by atoms with E-state index in [-0.39, 0.29) is 5.56 Å². The first-order valence-corrected chi connectivity index (χ1v) is 6.80. The van der Waals surface area contributed by atoms with E-state index in [1.54, 1.807) is 24.3 Å². The summed E-state index contributed by atoms with van der Waals surface area (Å²) in [5.74, 6) is -0.680. The molecule has 0 aliphatic carbocycles. The zero-order chi connectivity index (χ0) is 14.3. The number of nitrogens with zero attached hydrogens (tertiary/aromatic N) is 1. The highest BCUT2D eigenvalue weighted by Gasteiger charge is 2.27. The standard InChI is InChI=1S/C13H10N2O4S/c14-7-1-2-10-6(3-7)4-8(13(18)19-10)11-15-9(5-20-11)12(16)17/h1-4,9H,5,14H2,(H,16,17)/t9-/m1/s1. The molecule has 2 heterocycles. The lowest BCUT2D eigenvalue weighted by molar-refractivity contribution is -0.137. The van der Waals surface area contributed by atoms with Gasteiger partial charge in [0.15, 0.2) is 6.04 Å². The fourth-order valence-corrected chi connectivity index (χ4v) is 2.97. The van der Waals surface area contributed by atoms with Crippen molar-refractivity contribution >= 4 is 39.4 Å². The molecule has 0 saturated carbocycles. The Morgan fingerprint density at radius 2 is 2.25 bits per heavy atom. The second-order valence-electron chi connectivity index (χ2n) is 4.34. The maximum Gasteiger partial charge on any atom is 0.346 e. The van der Waals surface area contributed by atoms with Crippen molar-refractivity contribution in [2.45, 2.75) is 6.04 Å². The van der Waals surface area contributed by atoms with Gasteiger partial charge in [0, 0.05) is 16.8 Å².